The van der Waals surface area contributed by atoms with Crippen LogP contribution in [-0.4, -0.2) is 103 Å². The molecule has 0 radical (unpaired) electrons. The van der Waals surface area contributed by atoms with Gasteiger partial charge in [0.1, 0.15) is 11.9 Å². The Morgan fingerprint density at radius 2 is 1.65 bits per heavy atom. The number of alkyl halides is 1. The molecule has 3 saturated heterocycles. The van der Waals surface area contributed by atoms with Gasteiger partial charge in [-0.15, -0.1) is 11.3 Å². The first kappa shape index (κ1) is 51.8. The van der Waals surface area contributed by atoms with Crippen molar-refractivity contribution in [3.05, 3.63) is 59.0 Å². The largest absolute Gasteiger partial charge is 0.412 e. The summed E-state index contributed by atoms with van der Waals surface area (Å²) in [6.45, 7) is 17.3. The van der Waals surface area contributed by atoms with Gasteiger partial charge in [0, 0.05) is 65.9 Å². The molecule has 0 aliphatic carbocycles. The monoisotopic (exact) mass is 911 g/mol. The number of carbonyl (C=O) groups excluding carboxylic acids is 4. The molecule has 1 aromatic carbocycles. The molecule has 3 aliphatic heterocycles. The lowest BCUT2D eigenvalue weighted by atomic mass is 9.99. The molecule has 0 saturated carbocycles. The van der Waals surface area contributed by atoms with E-state index in [1.807, 2.05) is 53.7 Å². The number of carbonyl (C=O) groups is 4. The van der Waals surface area contributed by atoms with Crippen molar-refractivity contribution >= 4 is 75.8 Å². The van der Waals surface area contributed by atoms with Crippen LogP contribution in [0.2, 0.25) is 0 Å². The molecule has 5 atom stereocenters. The van der Waals surface area contributed by atoms with Gasteiger partial charge in [-0.25, -0.2) is 14.4 Å². The zero-order valence-electron chi connectivity index (χ0n) is 36.3. The molecule has 3 fully saturated rings. The van der Waals surface area contributed by atoms with E-state index in [1.165, 1.54) is 41.8 Å². The zero-order valence-corrected chi connectivity index (χ0v) is 39.7. The Labute approximate surface area is 370 Å². The second-order valence-corrected chi connectivity index (χ2v) is 22.0. The average Bonchev–Trinajstić information content (AvgIpc) is 3.76. The number of amides is 2. The summed E-state index contributed by atoms with van der Waals surface area (Å²) in [5.41, 5.74) is -0.122. The van der Waals surface area contributed by atoms with Crippen LogP contribution in [0.25, 0.3) is 10.1 Å². The fourth-order valence-electron chi connectivity index (χ4n) is 6.50. The molecule has 3 aromatic rings. The number of aromatic nitrogens is 2. The molecule has 2 unspecified atom stereocenters. The topological polar surface area (TPSA) is 182 Å². The fourth-order valence-corrected chi connectivity index (χ4v) is 9.95. The van der Waals surface area contributed by atoms with E-state index in [9.17, 15) is 24.3 Å². The third-order valence-electron chi connectivity index (χ3n) is 10.1. The van der Waals surface area contributed by atoms with Gasteiger partial charge in [-0.1, -0.05) is 78.1 Å². The average molecular weight is 912 g/mol. The van der Waals surface area contributed by atoms with Crippen LogP contribution in [0, 0.1) is 10.8 Å². The third kappa shape index (κ3) is 15.1. The highest BCUT2D eigenvalue weighted by atomic mass is 32.2. The summed E-state index contributed by atoms with van der Waals surface area (Å²) in [5, 5.41) is 15.2. The van der Waals surface area contributed by atoms with Crippen molar-refractivity contribution < 1.29 is 40.1 Å². The second kappa shape index (κ2) is 23.8. The zero-order chi connectivity index (χ0) is 43.4. The van der Waals surface area contributed by atoms with E-state index >= 15 is 4.39 Å². The van der Waals surface area contributed by atoms with E-state index in [0.717, 1.165) is 66.9 Å². The van der Waals surface area contributed by atoms with Gasteiger partial charge in [-0.2, -0.15) is 0 Å². The summed E-state index contributed by atoms with van der Waals surface area (Å²) in [5.74, 6) is 2.54. The maximum Gasteiger partial charge on any atom is 0.262 e. The molecule has 0 bridgehead atoms. The minimum absolute atomic E-state index is 0. The van der Waals surface area contributed by atoms with Crippen molar-refractivity contribution in [3.63, 3.8) is 0 Å². The molecular weight excluding hydrogens is 845 g/mol. The number of nitrogens with one attached hydrogen (secondary N) is 2. The number of rotatable bonds is 12. The van der Waals surface area contributed by atoms with E-state index in [1.54, 1.807) is 35.5 Å². The summed E-state index contributed by atoms with van der Waals surface area (Å²) in [6, 6.07) is 8.21. The van der Waals surface area contributed by atoms with E-state index in [2.05, 4.69) is 27.5 Å². The van der Waals surface area contributed by atoms with Crippen LogP contribution in [0.5, 0.6) is 0 Å². The van der Waals surface area contributed by atoms with Gasteiger partial charge in [0.15, 0.2) is 15.6 Å². The molecule has 3 aliphatic rings. The van der Waals surface area contributed by atoms with Crippen molar-refractivity contribution in [1.82, 2.24) is 25.5 Å². The summed E-state index contributed by atoms with van der Waals surface area (Å²) in [6.07, 6.45) is 8.66. The number of benzene rings is 1. The Balaban J connectivity index is 0.000000476. The number of nitrogens with zero attached hydrogens (tertiary/aromatic N) is 3. The van der Waals surface area contributed by atoms with Crippen LogP contribution in [0.4, 0.5) is 4.39 Å². The highest BCUT2D eigenvalue weighted by Gasteiger charge is 2.41. The minimum Gasteiger partial charge on any atom is -0.412 e. The van der Waals surface area contributed by atoms with Crippen LogP contribution in [0.1, 0.15) is 122 Å². The lowest BCUT2D eigenvalue weighted by Gasteiger charge is -2.30. The Morgan fingerprint density at radius 3 is 2.23 bits per heavy atom. The molecule has 336 valence electrons. The van der Waals surface area contributed by atoms with Gasteiger partial charge < -0.3 is 30.6 Å². The predicted molar refractivity (Wildman–Crippen MR) is 248 cm³/mol. The van der Waals surface area contributed by atoms with Gasteiger partial charge in [0.25, 0.3) is 5.91 Å². The van der Waals surface area contributed by atoms with Gasteiger partial charge in [0.05, 0.1) is 32.9 Å². The number of aliphatic hydroxyl groups excluding tert-OH is 1. The van der Waals surface area contributed by atoms with Crippen molar-refractivity contribution in [3.8, 4) is 0 Å². The number of thioether (sulfide) groups is 2. The summed E-state index contributed by atoms with van der Waals surface area (Å²) in [7, 11) is -0.430. The van der Waals surface area contributed by atoms with Gasteiger partial charge in [0.2, 0.25) is 5.91 Å². The van der Waals surface area contributed by atoms with Crippen molar-refractivity contribution in [1.29, 1.82) is 0 Å². The lowest BCUT2D eigenvalue weighted by molar-refractivity contribution is -0.136. The third-order valence-corrected chi connectivity index (χ3v) is 14.9. The Kier molecular flexibility index (Phi) is 20.5. The van der Waals surface area contributed by atoms with E-state index in [4.69, 9.17) is 4.52 Å². The van der Waals surface area contributed by atoms with Gasteiger partial charge in [-0.05, 0) is 80.7 Å². The maximum atomic E-state index is 15.5. The first-order valence-electron chi connectivity index (χ1n) is 20.5. The standard InChI is InChI=1S/C28H38FN2O5PS2.C8H16OS.C7H9N3.H2O.H2/c1-27(2,3)26(35)38-13-12-36-37-28(4,29)18-8-11-22-17(14-18)15-23(39-22)24(33)30-21-7-5-6-19-9-10-20(16-32)31(19)25(21)34;1-5-6-10-7(9)8(2,3)4;1-2-9-7(10-3-1)6-4-8-5-6;;/h8,11,14-15,19-21,32,37H,5-7,9-10,12-13,16H2,1-4H3,(H,30,33);5-6H2,1-4H3;1-3,6,8H,4-5H2;1H2;1H/t19-,20-,21-,28?;;;;/m0..../s1. The van der Waals surface area contributed by atoms with E-state index in [-0.39, 0.29) is 54.5 Å². The molecule has 17 heteroatoms. The second-order valence-electron chi connectivity index (χ2n) is 17.3. The summed E-state index contributed by atoms with van der Waals surface area (Å²) < 4.78 is 22.0. The molecule has 6 rings (SSSR count). The number of fused-ring (bicyclic) bond motifs is 2. The minimum atomic E-state index is -1.71. The molecular formula is C43H67FN5O7PS3. The molecule has 2 aromatic heterocycles. The number of aliphatic hydroxyl groups is 1. The van der Waals surface area contributed by atoms with Crippen LogP contribution in [0.15, 0.2) is 42.7 Å². The highest BCUT2D eigenvalue weighted by Crippen LogP contribution is 2.45. The lowest BCUT2D eigenvalue weighted by Crippen LogP contribution is -2.51. The first-order chi connectivity index (χ1) is 27.8. The normalized spacial score (nSPS) is 20.4. The number of hydrogen-bond acceptors (Lipinski definition) is 12. The molecule has 12 nitrogen and oxygen atoms in total. The van der Waals surface area contributed by atoms with Crippen LogP contribution in [-0.2, 0) is 24.3 Å². The number of thiophene rings is 1. The predicted octanol–water partition coefficient (Wildman–Crippen LogP) is 7.88. The van der Waals surface area contributed by atoms with Crippen LogP contribution >= 0.6 is 43.7 Å². The summed E-state index contributed by atoms with van der Waals surface area (Å²) in [4.78, 5) is 60.1. The Bertz CT molecular complexity index is 1860. The van der Waals surface area contributed by atoms with Crippen LogP contribution in [0.3, 0.4) is 0 Å². The quantitative estimate of drug-likeness (QED) is 0.119. The highest BCUT2D eigenvalue weighted by molar-refractivity contribution is 8.14. The van der Waals surface area contributed by atoms with Crippen LogP contribution < -0.4 is 10.6 Å². The Morgan fingerprint density at radius 1 is 1.00 bits per heavy atom. The SMILES string of the molecule is CC(C)(C)C(=O)SCCOPC(C)(F)c1ccc2sc(C(=O)N[C@H]3CCC[C@H]4CC[C@@H](CO)N4C3=O)cc2c1.CCCSC(=O)C(C)(C)C.O.[HH].c1cnc(C2CNC2)nc1. The fraction of sp³-hybridized carbons (Fsp3) is 0.628. The van der Waals surface area contributed by atoms with Gasteiger partial charge in [-0.3, -0.25) is 19.2 Å². The van der Waals surface area contributed by atoms with E-state index in [0.29, 0.717) is 33.6 Å². The maximum absolute atomic E-state index is 15.5. The molecule has 0 spiro atoms. The molecule has 2 amide bonds. The Hall–Kier alpha value is -2.56. The first-order valence-corrected chi connectivity index (χ1v) is 24.2. The molecule has 60 heavy (non-hydrogen) atoms. The van der Waals surface area contributed by atoms with Crippen molar-refractivity contribution in [2.45, 2.75) is 123 Å². The number of hydrogen-bond donors (Lipinski definition) is 3. The number of halogens is 1. The van der Waals surface area contributed by atoms with Gasteiger partial charge >= 0.3 is 0 Å². The smallest absolute Gasteiger partial charge is 0.262 e. The molecule has 5 heterocycles. The van der Waals surface area contributed by atoms with Crippen molar-refractivity contribution in [2.75, 3.05) is 37.8 Å². The van der Waals surface area contributed by atoms with E-state index < -0.39 is 25.7 Å². The van der Waals surface area contributed by atoms with Crippen molar-refractivity contribution in [2.24, 2.45) is 10.8 Å². The molecule has 5 N–H and O–H groups in total. The summed E-state index contributed by atoms with van der Waals surface area (Å²) >= 11 is 3.96.